The third kappa shape index (κ3) is 6.43. The van der Waals surface area contributed by atoms with Crippen LogP contribution in [0.5, 0.6) is 0 Å². The normalized spacial score (nSPS) is 18.2. The number of nitrogens with one attached hydrogen (secondary N) is 2. The Morgan fingerprint density at radius 1 is 1.02 bits per heavy atom. The predicted molar refractivity (Wildman–Crippen MR) is 155 cm³/mol. The summed E-state index contributed by atoms with van der Waals surface area (Å²) in [5.74, 6) is -0.354. The van der Waals surface area contributed by atoms with Crippen molar-refractivity contribution < 1.29 is 22.8 Å². The molecule has 214 valence electrons. The summed E-state index contributed by atoms with van der Waals surface area (Å²) >= 11 is 5.97. The minimum atomic E-state index is -4.49. The van der Waals surface area contributed by atoms with E-state index in [4.69, 9.17) is 11.6 Å². The van der Waals surface area contributed by atoms with Gasteiger partial charge >= 0.3 is 6.18 Å². The highest BCUT2D eigenvalue weighted by Crippen LogP contribution is 2.48. The minimum absolute atomic E-state index is 0.0883. The number of anilines is 2. The van der Waals surface area contributed by atoms with Gasteiger partial charge in [-0.05, 0) is 65.8 Å². The van der Waals surface area contributed by atoms with Crippen molar-refractivity contribution in [2.45, 2.75) is 45.3 Å². The summed E-state index contributed by atoms with van der Waals surface area (Å²) < 4.78 is 40.2. The van der Waals surface area contributed by atoms with E-state index in [0.29, 0.717) is 47.7 Å². The summed E-state index contributed by atoms with van der Waals surface area (Å²) in [4.78, 5) is 28.9. The van der Waals surface area contributed by atoms with E-state index >= 15 is 0 Å². The Balaban J connectivity index is 1.52. The van der Waals surface area contributed by atoms with Gasteiger partial charge in [0.25, 0.3) is 0 Å². The molecule has 0 spiro atoms. The van der Waals surface area contributed by atoms with E-state index in [1.165, 1.54) is 12.1 Å². The molecule has 0 saturated heterocycles. The number of nitrogens with zero attached hydrogens (tertiary/aromatic N) is 1. The summed E-state index contributed by atoms with van der Waals surface area (Å²) in [5, 5.41) is 7.04. The fourth-order valence-electron chi connectivity index (χ4n) is 5.64. The topological polar surface area (TPSA) is 61.4 Å². The van der Waals surface area contributed by atoms with Crippen LogP contribution < -0.4 is 15.5 Å². The Morgan fingerprint density at radius 2 is 1.71 bits per heavy atom. The first-order valence-corrected chi connectivity index (χ1v) is 13.9. The van der Waals surface area contributed by atoms with Crippen LogP contribution in [0.3, 0.4) is 0 Å². The number of para-hydroxylation sites is 2. The van der Waals surface area contributed by atoms with E-state index in [9.17, 15) is 22.8 Å². The molecule has 0 saturated carbocycles. The molecule has 3 aromatic rings. The molecule has 1 aliphatic carbocycles. The average Bonchev–Trinajstić information content (AvgIpc) is 3.03. The molecule has 0 fully saturated rings. The number of amides is 1. The van der Waals surface area contributed by atoms with Gasteiger partial charge in [0.15, 0.2) is 5.78 Å². The first-order valence-electron chi connectivity index (χ1n) is 13.5. The van der Waals surface area contributed by atoms with Gasteiger partial charge in [0.1, 0.15) is 0 Å². The molecule has 1 atom stereocenters. The summed E-state index contributed by atoms with van der Waals surface area (Å²) in [5.41, 5.74) is 3.09. The molecule has 0 aromatic heterocycles. The van der Waals surface area contributed by atoms with Crippen LogP contribution in [0, 0.1) is 5.41 Å². The van der Waals surface area contributed by atoms with Gasteiger partial charge in [-0.25, -0.2) is 0 Å². The maximum absolute atomic E-state index is 13.7. The number of carbonyl (C=O) groups is 2. The van der Waals surface area contributed by atoms with Gasteiger partial charge in [0, 0.05) is 29.3 Å². The zero-order valence-electron chi connectivity index (χ0n) is 22.8. The Labute approximate surface area is 242 Å². The van der Waals surface area contributed by atoms with Crippen molar-refractivity contribution in [2.75, 3.05) is 23.3 Å². The average molecular weight is 582 g/mol. The number of alkyl halides is 3. The molecule has 2 N–H and O–H groups in total. The van der Waals surface area contributed by atoms with Gasteiger partial charge in [-0.15, -0.1) is 0 Å². The molecule has 41 heavy (non-hydrogen) atoms. The smallest absolute Gasteiger partial charge is 0.357 e. The zero-order chi connectivity index (χ0) is 29.4. The summed E-state index contributed by atoms with van der Waals surface area (Å²) in [7, 11) is 0. The molecule has 0 bridgehead atoms. The fourth-order valence-corrected chi connectivity index (χ4v) is 5.76. The van der Waals surface area contributed by atoms with Gasteiger partial charge in [0.05, 0.1) is 29.5 Å². The van der Waals surface area contributed by atoms with Crippen LogP contribution in [0.1, 0.15) is 49.4 Å². The Kier molecular flexibility index (Phi) is 7.88. The number of benzene rings is 3. The summed E-state index contributed by atoms with van der Waals surface area (Å²) in [6.07, 6.45) is -3.01. The minimum Gasteiger partial charge on any atom is -0.357 e. The highest BCUT2D eigenvalue weighted by Gasteiger charge is 2.42. The third-order valence-corrected chi connectivity index (χ3v) is 7.77. The quantitative estimate of drug-likeness (QED) is 0.320. The number of rotatable bonds is 6. The zero-order valence-corrected chi connectivity index (χ0v) is 23.6. The van der Waals surface area contributed by atoms with Crippen molar-refractivity contribution >= 4 is 34.7 Å². The van der Waals surface area contributed by atoms with E-state index in [1.54, 1.807) is 12.1 Å². The van der Waals surface area contributed by atoms with Crippen molar-refractivity contribution in [3.8, 4) is 0 Å². The molecular weight excluding hydrogens is 551 g/mol. The van der Waals surface area contributed by atoms with E-state index in [0.717, 1.165) is 29.1 Å². The number of Topliss-reactive ketones (excluding diaryl/α,β-unsaturated/α-hetero) is 1. The Hall–Kier alpha value is -3.78. The van der Waals surface area contributed by atoms with Crippen LogP contribution >= 0.6 is 11.6 Å². The van der Waals surface area contributed by atoms with E-state index < -0.39 is 17.8 Å². The lowest BCUT2D eigenvalue weighted by molar-refractivity contribution is -0.137. The molecule has 0 radical (unpaired) electrons. The highest BCUT2D eigenvalue weighted by atomic mass is 35.5. The highest BCUT2D eigenvalue weighted by molar-refractivity contribution is 6.30. The van der Waals surface area contributed by atoms with Gasteiger partial charge < -0.3 is 15.5 Å². The second kappa shape index (κ2) is 11.2. The van der Waals surface area contributed by atoms with Crippen LogP contribution in [-0.4, -0.2) is 24.8 Å². The van der Waals surface area contributed by atoms with Gasteiger partial charge in [-0.2, -0.15) is 13.2 Å². The lowest BCUT2D eigenvalue weighted by atomic mass is 9.73. The maximum Gasteiger partial charge on any atom is 0.416 e. The predicted octanol–water partition coefficient (Wildman–Crippen LogP) is 7.33. The maximum atomic E-state index is 13.7. The summed E-state index contributed by atoms with van der Waals surface area (Å²) in [6, 6.07) is 18.9. The molecule has 9 heteroatoms. The number of carbonyl (C=O) groups excluding carboxylic acids is 2. The lowest BCUT2D eigenvalue weighted by Gasteiger charge is -2.38. The molecule has 1 unspecified atom stereocenters. The number of hydrogen-bond acceptors (Lipinski definition) is 4. The van der Waals surface area contributed by atoms with Crippen molar-refractivity contribution in [3.63, 3.8) is 0 Å². The van der Waals surface area contributed by atoms with Crippen LogP contribution in [0.2, 0.25) is 5.02 Å². The van der Waals surface area contributed by atoms with Crippen molar-refractivity contribution in [3.05, 3.63) is 106 Å². The molecule has 1 aliphatic heterocycles. The SMILES string of the molecule is CC1(C)CC(=O)C2=C(C1)Nc1ccccc1N(CC(=O)NCCc1ccc(Cl)cc1)C2c1ccc(C(F)(F)F)cc1. The fraction of sp³-hybridized carbons (Fsp3) is 0.312. The number of ketones is 1. The second-order valence-corrected chi connectivity index (χ2v) is 11.8. The van der Waals surface area contributed by atoms with E-state index in [1.807, 2.05) is 55.1 Å². The van der Waals surface area contributed by atoms with Crippen molar-refractivity contribution in [1.29, 1.82) is 0 Å². The second-order valence-electron chi connectivity index (χ2n) is 11.4. The lowest BCUT2D eigenvalue weighted by Crippen LogP contribution is -2.42. The van der Waals surface area contributed by atoms with Crippen molar-refractivity contribution in [2.24, 2.45) is 5.41 Å². The van der Waals surface area contributed by atoms with Crippen LogP contribution in [0.4, 0.5) is 24.5 Å². The van der Waals surface area contributed by atoms with Crippen molar-refractivity contribution in [1.82, 2.24) is 5.32 Å². The monoisotopic (exact) mass is 581 g/mol. The van der Waals surface area contributed by atoms with Crippen LogP contribution in [0.25, 0.3) is 0 Å². The van der Waals surface area contributed by atoms with E-state index in [-0.39, 0.29) is 23.7 Å². The van der Waals surface area contributed by atoms with Crippen LogP contribution in [-0.2, 0) is 22.2 Å². The number of allylic oxidation sites excluding steroid dienone is 1. The van der Waals surface area contributed by atoms with Gasteiger partial charge in [-0.3, -0.25) is 9.59 Å². The number of hydrogen-bond donors (Lipinski definition) is 2. The van der Waals surface area contributed by atoms with Gasteiger partial charge in [-0.1, -0.05) is 61.8 Å². The molecule has 5 nitrogen and oxygen atoms in total. The molecule has 5 rings (SSSR count). The molecule has 1 amide bonds. The molecule has 3 aromatic carbocycles. The number of fused-ring (bicyclic) bond motifs is 1. The molecular formula is C32H31ClF3N3O2. The standard InChI is InChI=1S/C32H31ClF3N3O2/c1-31(2)17-25-29(27(40)18-31)30(21-9-11-22(12-10-21)32(34,35)36)39(26-6-4-3-5-24(26)38-25)19-28(41)37-16-15-20-7-13-23(33)14-8-20/h3-14,30,38H,15-19H2,1-2H3,(H,37,41). The third-order valence-electron chi connectivity index (χ3n) is 7.52. The summed E-state index contributed by atoms with van der Waals surface area (Å²) in [6.45, 7) is 4.33. The number of halogens is 4. The largest absolute Gasteiger partial charge is 0.416 e. The molecule has 1 heterocycles. The Bertz CT molecular complexity index is 1480. The van der Waals surface area contributed by atoms with Gasteiger partial charge in [0.2, 0.25) is 5.91 Å². The first kappa shape index (κ1) is 28.7. The Morgan fingerprint density at radius 3 is 2.39 bits per heavy atom. The van der Waals surface area contributed by atoms with E-state index in [2.05, 4.69) is 10.6 Å². The molecule has 2 aliphatic rings. The first-order chi connectivity index (χ1) is 19.4. The van der Waals surface area contributed by atoms with Crippen LogP contribution in [0.15, 0.2) is 84.1 Å².